The molecule has 3 N–H and O–H groups in total. The number of primary amides is 1. The van der Waals surface area contributed by atoms with E-state index in [4.69, 9.17) is 10.5 Å². The van der Waals surface area contributed by atoms with Gasteiger partial charge < -0.3 is 15.8 Å². The van der Waals surface area contributed by atoms with Gasteiger partial charge in [0.1, 0.15) is 5.75 Å². The van der Waals surface area contributed by atoms with Crippen molar-refractivity contribution < 1.29 is 14.3 Å². The van der Waals surface area contributed by atoms with Crippen molar-refractivity contribution in [2.75, 3.05) is 6.61 Å². The minimum Gasteiger partial charge on any atom is -0.483 e. The lowest BCUT2D eigenvalue weighted by atomic mass is 9.48. The van der Waals surface area contributed by atoms with E-state index < -0.39 is 5.91 Å². The van der Waals surface area contributed by atoms with E-state index in [2.05, 4.69) is 12.2 Å². The fourth-order valence-electron chi connectivity index (χ4n) is 6.24. The minimum absolute atomic E-state index is 0.0968. The number of ether oxygens (including phenoxy) is 1. The number of benzene rings is 1. The molecule has 2 amide bonds. The highest BCUT2D eigenvalue weighted by Gasteiger charge is 2.53. The number of nitrogens with two attached hydrogens (primary N) is 1. The summed E-state index contributed by atoms with van der Waals surface area (Å²) in [6.45, 7) is 3.97. The van der Waals surface area contributed by atoms with Crippen molar-refractivity contribution >= 4 is 11.8 Å². The third-order valence-electron chi connectivity index (χ3n) is 7.14. The molecule has 27 heavy (non-hydrogen) atoms. The number of nitrogens with one attached hydrogen (secondary N) is 1. The molecule has 5 rings (SSSR count). The number of carbonyl (C=O) groups is 2. The van der Waals surface area contributed by atoms with Gasteiger partial charge in [-0.2, -0.15) is 0 Å². The summed E-state index contributed by atoms with van der Waals surface area (Å²) >= 11 is 0. The van der Waals surface area contributed by atoms with Crippen LogP contribution in [0.25, 0.3) is 0 Å². The Morgan fingerprint density at radius 1 is 1.19 bits per heavy atom. The Kier molecular flexibility index (Phi) is 4.65. The maximum atomic E-state index is 12.5. The van der Waals surface area contributed by atoms with Crippen molar-refractivity contribution in [3.05, 3.63) is 29.3 Å². The van der Waals surface area contributed by atoms with Crippen LogP contribution in [-0.2, 0) is 4.79 Å². The maximum absolute atomic E-state index is 12.5. The van der Waals surface area contributed by atoms with Crippen molar-refractivity contribution in [3.8, 4) is 5.75 Å². The predicted molar refractivity (Wildman–Crippen MR) is 103 cm³/mol. The first-order valence-corrected chi connectivity index (χ1v) is 10.2. The van der Waals surface area contributed by atoms with Gasteiger partial charge in [0.15, 0.2) is 6.61 Å². The van der Waals surface area contributed by atoms with Gasteiger partial charge in [-0.3, -0.25) is 9.59 Å². The van der Waals surface area contributed by atoms with E-state index in [0.29, 0.717) is 11.3 Å². The van der Waals surface area contributed by atoms with Gasteiger partial charge in [0.25, 0.3) is 11.8 Å². The van der Waals surface area contributed by atoms with Gasteiger partial charge in [-0.05, 0) is 93.2 Å². The first-order valence-electron chi connectivity index (χ1n) is 10.2. The average Bonchev–Trinajstić information content (AvgIpc) is 2.58. The molecule has 4 saturated carbocycles. The van der Waals surface area contributed by atoms with Crippen LogP contribution in [0.5, 0.6) is 5.75 Å². The molecule has 0 aliphatic heterocycles. The van der Waals surface area contributed by atoms with E-state index in [0.717, 1.165) is 23.3 Å². The number of aryl methyl sites for hydroxylation is 1. The van der Waals surface area contributed by atoms with Gasteiger partial charge in [-0.1, -0.05) is 6.07 Å². The quantitative estimate of drug-likeness (QED) is 0.807. The number of rotatable bonds is 6. The highest BCUT2D eigenvalue weighted by Crippen LogP contribution is 2.61. The molecule has 0 radical (unpaired) electrons. The summed E-state index contributed by atoms with van der Waals surface area (Å²) in [5.41, 5.74) is 6.94. The van der Waals surface area contributed by atoms with Crippen molar-refractivity contribution in [1.29, 1.82) is 0 Å². The van der Waals surface area contributed by atoms with Gasteiger partial charge in [-0.15, -0.1) is 0 Å². The lowest BCUT2D eigenvalue weighted by molar-refractivity contribution is -0.127. The molecule has 1 atom stereocenters. The summed E-state index contributed by atoms with van der Waals surface area (Å²) in [5.74, 6) is 2.27. The molecular formula is C22H30N2O3. The molecule has 1 aromatic carbocycles. The van der Waals surface area contributed by atoms with E-state index in [1.807, 2.05) is 13.0 Å². The monoisotopic (exact) mass is 370 g/mol. The third kappa shape index (κ3) is 3.56. The standard InChI is InChI=1S/C22H30N2O3/c1-13-3-4-18(21(23)26)19(5-13)27-12-20(25)24-14(2)22-9-15-6-16(10-22)8-17(7-15)11-22/h3-5,14-17H,6-12H2,1-2H3,(H2,23,26)(H,24,25). The van der Waals surface area contributed by atoms with Crippen LogP contribution in [0.15, 0.2) is 18.2 Å². The van der Waals surface area contributed by atoms with E-state index in [9.17, 15) is 9.59 Å². The fraction of sp³-hybridized carbons (Fsp3) is 0.636. The summed E-state index contributed by atoms with van der Waals surface area (Å²) < 4.78 is 5.65. The summed E-state index contributed by atoms with van der Waals surface area (Å²) in [6.07, 6.45) is 7.95. The highest BCUT2D eigenvalue weighted by molar-refractivity contribution is 5.95. The van der Waals surface area contributed by atoms with Crippen LogP contribution >= 0.6 is 0 Å². The number of carbonyl (C=O) groups excluding carboxylic acids is 2. The van der Waals surface area contributed by atoms with Crippen molar-refractivity contribution in [1.82, 2.24) is 5.32 Å². The zero-order valence-corrected chi connectivity index (χ0v) is 16.3. The van der Waals surface area contributed by atoms with Crippen LogP contribution in [0.4, 0.5) is 0 Å². The number of amides is 2. The summed E-state index contributed by atoms with van der Waals surface area (Å²) in [6, 6.07) is 5.36. The molecule has 1 aromatic rings. The maximum Gasteiger partial charge on any atom is 0.258 e. The summed E-state index contributed by atoms with van der Waals surface area (Å²) in [7, 11) is 0. The summed E-state index contributed by atoms with van der Waals surface area (Å²) in [5, 5.41) is 3.19. The Morgan fingerprint density at radius 3 is 2.33 bits per heavy atom. The van der Waals surface area contributed by atoms with Gasteiger partial charge in [0, 0.05) is 6.04 Å². The molecule has 5 nitrogen and oxygen atoms in total. The second-order valence-corrected chi connectivity index (χ2v) is 9.22. The van der Waals surface area contributed by atoms with Crippen molar-refractivity contribution in [2.24, 2.45) is 28.9 Å². The molecule has 4 aliphatic rings. The van der Waals surface area contributed by atoms with E-state index in [1.165, 1.54) is 38.5 Å². The molecule has 4 fully saturated rings. The molecule has 1 unspecified atom stereocenters. The molecular weight excluding hydrogens is 340 g/mol. The normalized spacial score (nSPS) is 32.1. The lowest BCUT2D eigenvalue weighted by Crippen LogP contribution is -2.56. The zero-order chi connectivity index (χ0) is 19.2. The molecule has 5 heteroatoms. The first kappa shape index (κ1) is 18.3. The van der Waals surface area contributed by atoms with Gasteiger partial charge in [0.2, 0.25) is 0 Å². The highest BCUT2D eigenvalue weighted by atomic mass is 16.5. The predicted octanol–water partition coefficient (Wildman–Crippen LogP) is 3.19. The molecule has 0 heterocycles. The number of hydrogen-bond acceptors (Lipinski definition) is 3. The van der Waals surface area contributed by atoms with Crippen LogP contribution in [0.1, 0.15) is 61.4 Å². The van der Waals surface area contributed by atoms with Crippen molar-refractivity contribution in [3.63, 3.8) is 0 Å². The Bertz CT molecular complexity index is 723. The Morgan fingerprint density at radius 2 is 1.78 bits per heavy atom. The molecule has 146 valence electrons. The Labute approximate surface area is 161 Å². The van der Waals surface area contributed by atoms with Crippen LogP contribution in [-0.4, -0.2) is 24.5 Å². The minimum atomic E-state index is -0.549. The lowest BCUT2D eigenvalue weighted by Gasteiger charge is -2.59. The SMILES string of the molecule is Cc1ccc(C(N)=O)c(OCC(=O)NC(C)C23CC4CC(CC(C4)C2)C3)c1. The second-order valence-electron chi connectivity index (χ2n) is 9.22. The average molecular weight is 370 g/mol. The molecule has 0 spiro atoms. The molecule has 4 aliphatic carbocycles. The first-order chi connectivity index (χ1) is 12.8. The Hall–Kier alpha value is -2.04. The molecule has 0 aromatic heterocycles. The topological polar surface area (TPSA) is 81.4 Å². The van der Waals surface area contributed by atoms with Crippen LogP contribution in [0.3, 0.4) is 0 Å². The van der Waals surface area contributed by atoms with Crippen LogP contribution < -0.4 is 15.8 Å². The smallest absolute Gasteiger partial charge is 0.258 e. The number of hydrogen-bond donors (Lipinski definition) is 2. The molecule has 4 bridgehead atoms. The van der Waals surface area contributed by atoms with Crippen LogP contribution in [0.2, 0.25) is 0 Å². The zero-order valence-electron chi connectivity index (χ0n) is 16.3. The second kappa shape index (κ2) is 6.84. The van der Waals surface area contributed by atoms with Gasteiger partial charge >= 0.3 is 0 Å². The van der Waals surface area contributed by atoms with Crippen molar-refractivity contribution in [2.45, 2.75) is 58.4 Å². The van der Waals surface area contributed by atoms with E-state index >= 15 is 0 Å². The molecule has 0 saturated heterocycles. The summed E-state index contributed by atoms with van der Waals surface area (Å²) in [4.78, 5) is 24.1. The fourth-order valence-corrected chi connectivity index (χ4v) is 6.24. The Balaban J connectivity index is 1.38. The van der Waals surface area contributed by atoms with Gasteiger partial charge in [0.05, 0.1) is 5.56 Å². The van der Waals surface area contributed by atoms with E-state index in [-0.39, 0.29) is 24.0 Å². The third-order valence-corrected chi connectivity index (χ3v) is 7.14. The van der Waals surface area contributed by atoms with E-state index in [1.54, 1.807) is 12.1 Å². The van der Waals surface area contributed by atoms with Gasteiger partial charge in [-0.25, -0.2) is 0 Å². The van der Waals surface area contributed by atoms with Crippen LogP contribution in [0, 0.1) is 30.1 Å². The largest absolute Gasteiger partial charge is 0.483 e.